The van der Waals surface area contributed by atoms with E-state index in [-0.39, 0.29) is 33.5 Å². The van der Waals surface area contributed by atoms with Crippen molar-refractivity contribution < 1.29 is 33.5 Å². The summed E-state index contributed by atoms with van der Waals surface area (Å²) in [6.07, 6.45) is -1.29. The predicted molar refractivity (Wildman–Crippen MR) is 104 cm³/mol. The van der Waals surface area contributed by atoms with Crippen LogP contribution in [0.1, 0.15) is 17.3 Å². The molecule has 30 heavy (non-hydrogen) atoms. The average Bonchev–Trinajstić information content (AvgIpc) is 2.68. The molecule has 12 heteroatoms. The van der Waals surface area contributed by atoms with E-state index in [9.17, 15) is 24.5 Å². The molecule has 3 amide bonds. The summed E-state index contributed by atoms with van der Waals surface area (Å²) in [5.74, 6) is -1.71. The van der Waals surface area contributed by atoms with Gasteiger partial charge >= 0.3 is 17.7 Å². The molecule has 158 valence electrons. The molecule has 0 aliphatic heterocycles. The maximum atomic E-state index is 12.2. The van der Waals surface area contributed by atoms with Gasteiger partial charge in [0.1, 0.15) is 0 Å². The number of nitrogens with two attached hydrogens (primary N) is 1. The molecule has 2 aromatic rings. The number of carbonyl (C=O) groups excluding carboxylic acids is 3. The zero-order valence-corrected chi connectivity index (χ0v) is 16.5. The van der Waals surface area contributed by atoms with Gasteiger partial charge in [-0.2, -0.15) is 0 Å². The summed E-state index contributed by atoms with van der Waals surface area (Å²) < 4.78 is 15.7. The van der Waals surface area contributed by atoms with E-state index < -0.39 is 28.9 Å². The minimum atomic E-state index is -1.29. The zero-order valence-electron chi connectivity index (χ0n) is 15.7. The molecule has 0 spiro atoms. The lowest BCUT2D eigenvalue weighted by Crippen LogP contribution is -2.42. The Labute approximate surface area is 174 Å². The number of nitrogens with one attached hydrogen (secondary N) is 1. The van der Waals surface area contributed by atoms with Gasteiger partial charge in [0.2, 0.25) is 5.75 Å². The number of methoxy groups -OCH3 is 1. The van der Waals surface area contributed by atoms with Gasteiger partial charge in [0.15, 0.2) is 17.6 Å². The van der Waals surface area contributed by atoms with Gasteiger partial charge in [0.05, 0.1) is 17.6 Å². The number of nitro groups is 1. The summed E-state index contributed by atoms with van der Waals surface area (Å²) in [5, 5.41) is 13.2. The predicted octanol–water partition coefficient (Wildman–Crippen LogP) is 2.79. The number of imide groups is 1. The number of hydrogen-bond donors (Lipinski definition) is 2. The van der Waals surface area contributed by atoms with E-state index in [0.29, 0.717) is 0 Å². The summed E-state index contributed by atoms with van der Waals surface area (Å²) >= 11 is 5.78. The second-order valence-electron chi connectivity index (χ2n) is 5.74. The Balaban J connectivity index is 2.23. The third-order valence-electron chi connectivity index (χ3n) is 3.64. The minimum absolute atomic E-state index is 0.00327. The van der Waals surface area contributed by atoms with Gasteiger partial charge in [0.25, 0.3) is 5.91 Å². The fourth-order valence-corrected chi connectivity index (χ4v) is 2.39. The van der Waals surface area contributed by atoms with Crippen molar-refractivity contribution in [1.82, 2.24) is 5.32 Å². The Morgan fingerprint density at radius 2 is 1.80 bits per heavy atom. The first kappa shape index (κ1) is 22.4. The number of halogens is 1. The van der Waals surface area contributed by atoms with Crippen LogP contribution in [0, 0.1) is 10.1 Å². The highest BCUT2D eigenvalue weighted by atomic mass is 35.5. The number of primary amides is 1. The SMILES string of the molecule is COc1cc(C(=O)OC(C)C(=O)NC(N)=O)ccc1Oc1ccc(Cl)cc1[N+](=O)[O-]. The highest BCUT2D eigenvalue weighted by Crippen LogP contribution is 2.38. The van der Waals surface area contributed by atoms with Crippen LogP contribution in [0.5, 0.6) is 17.2 Å². The maximum absolute atomic E-state index is 12.2. The Hall–Kier alpha value is -3.86. The molecule has 11 nitrogen and oxygen atoms in total. The average molecular weight is 438 g/mol. The lowest BCUT2D eigenvalue weighted by molar-refractivity contribution is -0.385. The second-order valence-corrected chi connectivity index (χ2v) is 6.17. The smallest absolute Gasteiger partial charge is 0.339 e. The van der Waals surface area contributed by atoms with Gasteiger partial charge in [-0.25, -0.2) is 9.59 Å². The van der Waals surface area contributed by atoms with E-state index in [0.717, 1.165) is 6.07 Å². The highest BCUT2D eigenvalue weighted by Gasteiger charge is 2.22. The monoisotopic (exact) mass is 437 g/mol. The Kier molecular flexibility index (Phi) is 7.15. The minimum Gasteiger partial charge on any atom is -0.493 e. The van der Waals surface area contributed by atoms with E-state index in [1.807, 2.05) is 0 Å². The fourth-order valence-electron chi connectivity index (χ4n) is 2.22. The van der Waals surface area contributed by atoms with Crippen LogP contribution in [0.3, 0.4) is 0 Å². The van der Waals surface area contributed by atoms with E-state index in [1.165, 1.54) is 44.4 Å². The number of nitrogens with zero attached hydrogens (tertiary/aromatic N) is 1. The van der Waals surface area contributed by atoms with Gasteiger partial charge in [0, 0.05) is 11.1 Å². The molecule has 0 saturated heterocycles. The number of nitro benzene ring substituents is 1. The molecule has 2 aromatic carbocycles. The number of carbonyl (C=O) groups is 3. The van der Waals surface area contributed by atoms with Crippen molar-refractivity contribution in [3.63, 3.8) is 0 Å². The van der Waals surface area contributed by atoms with Gasteiger partial charge in [-0.3, -0.25) is 20.2 Å². The van der Waals surface area contributed by atoms with Crippen molar-refractivity contribution in [2.45, 2.75) is 13.0 Å². The number of hydrogen-bond acceptors (Lipinski definition) is 8. The molecule has 0 saturated carbocycles. The van der Waals surface area contributed by atoms with Crippen molar-refractivity contribution in [2.24, 2.45) is 5.73 Å². The van der Waals surface area contributed by atoms with Crippen LogP contribution >= 0.6 is 11.6 Å². The molecule has 1 atom stereocenters. The number of esters is 1. The summed E-state index contributed by atoms with van der Waals surface area (Å²) in [6.45, 7) is 1.25. The number of urea groups is 1. The largest absolute Gasteiger partial charge is 0.493 e. The lowest BCUT2D eigenvalue weighted by atomic mass is 10.2. The quantitative estimate of drug-likeness (QED) is 0.379. The molecule has 0 heterocycles. The lowest BCUT2D eigenvalue weighted by Gasteiger charge is -2.14. The van der Waals surface area contributed by atoms with Crippen LogP contribution in [0.4, 0.5) is 10.5 Å². The first-order chi connectivity index (χ1) is 14.1. The molecule has 0 fully saturated rings. The molecule has 3 N–H and O–H groups in total. The molecule has 0 radical (unpaired) electrons. The van der Waals surface area contributed by atoms with Crippen LogP contribution in [0.25, 0.3) is 0 Å². The first-order valence-corrected chi connectivity index (χ1v) is 8.61. The fraction of sp³-hybridized carbons (Fsp3) is 0.167. The molecule has 0 bridgehead atoms. The van der Waals surface area contributed by atoms with E-state index in [1.54, 1.807) is 5.32 Å². The van der Waals surface area contributed by atoms with Gasteiger partial charge < -0.3 is 19.9 Å². The van der Waals surface area contributed by atoms with Crippen LogP contribution in [-0.2, 0) is 9.53 Å². The van der Waals surface area contributed by atoms with Crippen LogP contribution in [0.2, 0.25) is 5.02 Å². The summed E-state index contributed by atoms with van der Waals surface area (Å²) in [5.41, 5.74) is 4.48. The van der Waals surface area contributed by atoms with Gasteiger partial charge in [-0.15, -0.1) is 0 Å². The Bertz CT molecular complexity index is 1010. The summed E-state index contributed by atoms with van der Waals surface area (Å²) in [7, 11) is 1.30. The maximum Gasteiger partial charge on any atom is 0.339 e. The van der Waals surface area contributed by atoms with Crippen molar-refractivity contribution in [3.05, 3.63) is 57.1 Å². The van der Waals surface area contributed by atoms with Gasteiger partial charge in [-0.05, 0) is 37.3 Å². The van der Waals surface area contributed by atoms with E-state index >= 15 is 0 Å². The number of ether oxygens (including phenoxy) is 3. The summed E-state index contributed by atoms with van der Waals surface area (Å²) in [6, 6.07) is 6.69. The molecular weight excluding hydrogens is 422 g/mol. The normalized spacial score (nSPS) is 11.2. The molecule has 2 rings (SSSR count). The molecule has 1 unspecified atom stereocenters. The Morgan fingerprint density at radius 3 is 2.40 bits per heavy atom. The molecule has 0 aliphatic carbocycles. The van der Waals surface area contributed by atoms with Gasteiger partial charge in [-0.1, -0.05) is 11.6 Å². The van der Waals surface area contributed by atoms with Crippen LogP contribution < -0.4 is 20.5 Å². The standard InChI is InChI=1S/C18H16ClN3O8/c1-9(16(23)21-18(20)25)29-17(24)10-3-5-14(15(7-10)28-2)30-13-6-4-11(19)8-12(13)22(26)27/h3-9H,1-2H3,(H3,20,21,23,25). The van der Waals surface area contributed by atoms with E-state index in [2.05, 4.69) is 0 Å². The molecule has 0 aliphatic rings. The number of amides is 3. The van der Waals surface area contributed by atoms with Crippen molar-refractivity contribution in [2.75, 3.05) is 7.11 Å². The van der Waals surface area contributed by atoms with Crippen molar-refractivity contribution >= 4 is 35.2 Å². The third-order valence-corrected chi connectivity index (χ3v) is 3.87. The van der Waals surface area contributed by atoms with Crippen LogP contribution in [0.15, 0.2) is 36.4 Å². The van der Waals surface area contributed by atoms with Crippen molar-refractivity contribution in [3.8, 4) is 17.2 Å². The molecule has 0 aromatic heterocycles. The van der Waals surface area contributed by atoms with Crippen molar-refractivity contribution in [1.29, 1.82) is 0 Å². The second kappa shape index (κ2) is 9.56. The number of rotatable bonds is 7. The van der Waals surface area contributed by atoms with E-state index in [4.69, 9.17) is 31.5 Å². The summed E-state index contributed by atoms with van der Waals surface area (Å²) in [4.78, 5) is 45.1. The highest BCUT2D eigenvalue weighted by molar-refractivity contribution is 6.30. The third kappa shape index (κ3) is 5.58. The number of benzene rings is 2. The molecular formula is C18H16ClN3O8. The topological polar surface area (TPSA) is 160 Å². The Morgan fingerprint density at radius 1 is 1.13 bits per heavy atom. The first-order valence-electron chi connectivity index (χ1n) is 8.23. The van der Waals surface area contributed by atoms with Crippen LogP contribution in [-0.4, -0.2) is 36.0 Å². The zero-order chi connectivity index (χ0) is 22.4.